The minimum Gasteiger partial charge on any atom is -0.489 e. The Kier molecular flexibility index (Phi) is 4.52. The highest BCUT2D eigenvalue weighted by Gasteiger charge is 2.18. The normalized spacial score (nSPS) is 11.2. The second-order valence-electron chi connectivity index (χ2n) is 6.48. The van der Waals surface area contributed by atoms with Crippen molar-refractivity contribution in [1.29, 1.82) is 0 Å². The van der Waals surface area contributed by atoms with Crippen LogP contribution in [-0.2, 0) is 12.0 Å². The van der Waals surface area contributed by atoms with Crippen LogP contribution in [0.3, 0.4) is 0 Å². The maximum Gasteiger partial charge on any atom is 0.123 e. The van der Waals surface area contributed by atoms with Crippen LogP contribution in [0, 0.1) is 6.92 Å². The Morgan fingerprint density at radius 2 is 1.71 bits per heavy atom. The summed E-state index contributed by atoms with van der Waals surface area (Å²) >= 11 is 0. The molecule has 0 aliphatic carbocycles. The third-order valence-electron chi connectivity index (χ3n) is 3.55. The third kappa shape index (κ3) is 3.98. The van der Waals surface area contributed by atoms with Crippen LogP contribution < -0.4 is 4.74 Å². The highest BCUT2D eigenvalue weighted by Crippen LogP contribution is 2.32. The number of benzene rings is 2. The number of ether oxygens (including phenoxy) is 1. The molecule has 1 heteroatoms. The third-order valence-corrected chi connectivity index (χ3v) is 3.55. The molecule has 21 heavy (non-hydrogen) atoms. The average molecular weight is 280 g/mol. The molecule has 2 aromatic carbocycles. The first-order chi connectivity index (χ1) is 9.90. The Balaban J connectivity index is 2.18. The van der Waals surface area contributed by atoms with Gasteiger partial charge in [0.1, 0.15) is 12.4 Å². The largest absolute Gasteiger partial charge is 0.489 e. The van der Waals surface area contributed by atoms with Crippen LogP contribution in [0.2, 0.25) is 0 Å². The number of hydrogen-bond acceptors (Lipinski definition) is 1. The lowest BCUT2D eigenvalue weighted by molar-refractivity contribution is 0.297. The number of rotatable bonds is 4. The monoisotopic (exact) mass is 280 g/mol. The van der Waals surface area contributed by atoms with Crippen molar-refractivity contribution >= 4 is 6.08 Å². The fourth-order valence-corrected chi connectivity index (χ4v) is 2.28. The molecule has 2 rings (SSSR count). The van der Waals surface area contributed by atoms with E-state index in [-0.39, 0.29) is 5.41 Å². The zero-order chi connectivity index (χ0) is 15.5. The molecule has 0 saturated carbocycles. The second-order valence-corrected chi connectivity index (χ2v) is 6.48. The van der Waals surface area contributed by atoms with Crippen molar-refractivity contribution < 1.29 is 4.74 Å². The zero-order valence-electron chi connectivity index (χ0n) is 13.4. The number of aryl methyl sites for hydroxylation is 1. The van der Waals surface area contributed by atoms with E-state index in [0.29, 0.717) is 6.61 Å². The van der Waals surface area contributed by atoms with E-state index < -0.39 is 0 Å². The molecule has 1 nitrogen and oxygen atoms in total. The summed E-state index contributed by atoms with van der Waals surface area (Å²) in [5.41, 5.74) is 4.85. The maximum absolute atomic E-state index is 6.08. The Morgan fingerprint density at radius 3 is 2.29 bits per heavy atom. The van der Waals surface area contributed by atoms with Gasteiger partial charge in [-0.3, -0.25) is 0 Å². The van der Waals surface area contributed by atoms with E-state index in [0.717, 1.165) is 11.3 Å². The Morgan fingerprint density at radius 1 is 1.05 bits per heavy atom. The van der Waals surface area contributed by atoms with Crippen molar-refractivity contribution in [3.05, 3.63) is 71.3 Å². The van der Waals surface area contributed by atoms with Crippen molar-refractivity contribution in [1.82, 2.24) is 0 Å². The molecule has 0 bridgehead atoms. The minimum atomic E-state index is 0.0791. The minimum absolute atomic E-state index is 0.0791. The van der Waals surface area contributed by atoms with Crippen molar-refractivity contribution in [2.75, 3.05) is 0 Å². The second kappa shape index (κ2) is 6.17. The van der Waals surface area contributed by atoms with Crippen LogP contribution in [-0.4, -0.2) is 0 Å². The van der Waals surface area contributed by atoms with Gasteiger partial charge in [-0.2, -0.15) is 0 Å². The van der Waals surface area contributed by atoms with Gasteiger partial charge in [0, 0.05) is 0 Å². The van der Waals surface area contributed by atoms with Gasteiger partial charge in [0.15, 0.2) is 0 Å². The molecule has 0 saturated heterocycles. The van der Waals surface area contributed by atoms with Crippen molar-refractivity contribution in [3.63, 3.8) is 0 Å². The summed E-state index contributed by atoms with van der Waals surface area (Å²) in [6, 6.07) is 14.7. The summed E-state index contributed by atoms with van der Waals surface area (Å²) in [6.07, 6.45) is 1.85. The van der Waals surface area contributed by atoms with Gasteiger partial charge in [-0.15, -0.1) is 0 Å². The molecule has 0 unspecified atom stereocenters. The topological polar surface area (TPSA) is 9.23 Å². The van der Waals surface area contributed by atoms with Crippen LogP contribution in [0.15, 0.2) is 49.0 Å². The fraction of sp³-hybridized carbons (Fsp3) is 0.300. The molecule has 0 aromatic heterocycles. The van der Waals surface area contributed by atoms with Gasteiger partial charge in [-0.05, 0) is 40.7 Å². The smallest absolute Gasteiger partial charge is 0.123 e. The van der Waals surface area contributed by atoms with Crippen LogP contribution in [0.1, 0.15) is 43.0 Å². The van der Waals surface area contributed by atoms with E-state index in [9.17, 15) is 0 Å². The predicted octanol–water partition coefficient (Wildman–Crippen LogP) is 5.51. The maximum atomic E-state index is 6.08. The summed E-state index contributed by atoms with van der Waals surface area (Å²) in [5.74, 6) is 0.982. The molecule has 2 aromatic rings. The predicted molar refractivity (Wildman–Crippen MR) is 90.7 cm³/mol. The average Bonchev–Trinajstić information content (AvgIpc) is 2.44. The zero-order valence-corrected chi connectivity index (χ0v) is 13.4. The molecule has 110 valence electrons. The highest BCUT2D eigenvalue weighted by molar-refractivity contribution is 5.47. The Hall–Kier alpha value is -2.02. The van der Waals surface area contributed by atoms with Gasteiger partial charge in [0.25, 0.3) is 0 Å². The SMILES string of the molecule is C=Cc1ccc(COc2cc(C)ccc2C(C)(C)C)cc1. The van der Waals surface area contributed by atoms with Gasteiger partial charge in [-0.25, -0.2) is 0 Å². The lowest BCUT2D eigenvalue weighted by atomic mass is 9.86. The quantitative estimate of drug-likeness (QED) is 0.717. The van der Waals surface area contributed by atoms with Gasteiger partial charge in [-0.1, -0.05) is 69.8 Å². The van der Waals surface area contributed by atoms with E-state index in [2.05, 4.69) is 76.7 Å². The van der Waals surface area contributed by atoms with Crippen molar-refractivity contribution in [2.45, 2.75) is 39.7 Å². The molecule has 0 N–H and O–H groups in total. The number of hydrogen-bond donors (Lipinski definition) is 0. The molecule has 0 fully saturated rings. The molecule has 0 spiro atoms. The van der Waals surface area contributed by atoms with Crippen LogP contribution in [0.4, 0.5) is 0 Å². The molecule has 0 amide bonds. The van der Waals surface area contributed by atoms with Gasteiger partial charge in [0.2, 0.25) is 0 Å². The highest BCUT2D eigenvalue weighted by atomic mass is 16.5. The fourth-order valence-electron chi connectivity index (χ4n) is 2.28. The van der Waals surface area contributed by atoms with Crippen LogP contribution in [0.5, 0.6) is 5.75 Å². The van der Waals surface area contributed by atoms with Crippen LogP contribution in [0.25, 0.3) is 6.08 Å². The summed E-state index contributed by atoms with van der Waals surface area (Å²) in [6.45, 7) is 13.1. The molecule has 0 atom stereocenters. The van der Waals surface area contributed by atoms with Crippen molar-refractivity contribution in [3.8, 4) is 5.75 Å². The van der Waals surface area contributed by atoms with E-state index in [1.807, 2.05) is 6.08 Å². The molecule has 0 heterocycles. The Bertz CT molecular complexity index is 615. The molecular weight excluding hydrogens is 256 g/mol. The molecule has 0 aliphatic heterocycles. The van der Waals surface area contributed by atoms with E-state index in [4.69, 9.17) is 4.74 Å². The first kappa shape index (κ1) is 15.4. The van der Waals surface area contributed by atoms with E-state index >= 15 is 0 Å². The van der Waals surface area contributed by atoms with Gasteiger partial charge < -0.3 is 4.74 Å². The standard InChI is InChI=1S/C20H24O/c1-6-16-8-10-17(11-9-16)14-21-19-13-15(2)7-12-18(19)20(3,4)5/h6-13H,1,14H2,2-5H3. The summed E-state index contributed by atoms with van der Waals surface area (Å²) in [7, 11) is 0. The Labute approximate surface area is 128 Å². The van der Waals surface area contributed by atoms with E-state index in [1.165, 1.54) is 16.7 Å². The first-order valence-electron chi connectivity index (χ1n) is 7.35. The van der Waals surface area contributed by atoms with Gasteiger partial charge >= 0.3 is 0 Å². The summed E-state index contributed by atoms with van der Waals surface area (Å²) < 4.78 is 6.08. The molecule has 0 radical (unpaired) electrons. The van der Waals surface area contributed by atoms with Gasteiger partial charge in [0.05, 0.1) is 0 Å². The van der Waals surface area contributed by atoms with E-state index in [1.54, 1.807) is 0 Å². The molecule has 0 aliphatic rings. The van der Waals surface area contributed by atoms with Crippen LogP contribution >= 0.6 is 0 Å². The molecular formula is C20H24O. The lowest BCUT2D eigenvalue weighted by Gasteiger charge is -2.23. The summed E-state index contributed by atoms with van der Waals surface area (Å²) in [5, 5.41) is 0. The van der Waals surface area contributed by atoms with Crippen molar-refractivity contribution in [2.24, 2.45) is 0 Å². The lowest BCUT2D eigenvalue weighted by Crippen LogP contribution is -2.13. The first-order valence-corrected chi connectivity index (χ1v) is 7.35. The summed E-state index contributed by atoms with van der Waals surface area (Å²) in [4.78, 5) is 0.